The Morgan fingerprint density at radius 3 is 2.71 bits per heavy atom. The van der Waals surface area contributed by atoms with Crippen LogP contribution in [-0.2, 0) is 10.3 Å². The number of allylic oxidation sites excluding steroid dienone is 1. The summed E-state index contributed by atoms with van der Waals surface area (Å²) in [5.41, 5.74) is 0.0745. The molecule has 2 heterocycles. The highest BCUT2D eigenvalue weighted by Gasteiger charge is 2.35. The third-order valence-corrected chi connectivity index (χ3v) is 4.87. The molecule has 0 saturated carbocycles. The molecule has 2 aliphatic heterocycles. The molecule has 1 aromatic rings. The largest absolute Gasteiger partial charge is 0.497 e. The Morgan fingerprint density at radius 1 is 1.29 bits per heavy atom. The quantitative estimate of drug-likeness (QED) is 0.930. The van der Waals surface area contributed by atoms with Crippen molar-refractivity contribution in [3.63, 3.8) is 0 Å². The van der Waals surface area contributed by atoms with Gasteiger partial charge in [-0.05, 0) is 37.8 Å². The average Bonchev–Trinajstić information content (AvgIpc) is 2.51. The zero-order chi connectivity index (χ0) is 14.7. The first-order chi connectivity index (χ1) is 10.2. The van der Waals surface area contributed by atoms with Crippen LogP contribution in [0.4, 0.5) is 0 Å². The van der Waals surface area contributed by atoms with Crippen molar-refractivity contribution in [3.8, 4) is 0 Å². The monoisotopic (exact) mass is 307 g/mol. The van der Waals surface area contributed by atoms with Crippen molar-refractivity contribution < 1.29 is 9.84 Å². The molecule has 1 saturated heterocycles. The molecule has 0 radical (unpaired) electrons. The molecule has 0 bridgehead atoms. The highest BCUT2D eigenvalue weighted by molar-refractivity contribution is 6.31. The van der Waals surface area contributed by atoms with E-state index in [0.29, 0.717) is 11.1 Å². The molecular formula is C17H22ClNO2. The van der Waals surface area contributed by atoms with Gasteiger partial charge in [0.2, 0.25) is 0 Å². The number of likely N-dealkylation sites (tertiary alicyclic amines) is 1. The van der Waals surface area contributed by atoms with Crippen molar-refractivity contribution >= 4 is 11.6 Å². The van der Waals surface area contributed by atoms with Crippen molar-refractivity contribution in [2.75, 3.05) is 19.6 Å². The van der Waals surface area contributed by atoms with Gasteiger partial charge >= 0.3 is 0 Å². The number of hydrogen-bond donors (Lipinski definition) is 1. The van der Waals surface area contributed by atoms with E-state index in [2.05, 4.69) is 11.0 Å². The fraction of sp³-hybridized carbons (Fsp3) is 0.529. The normalized spacial score (nSPS) is 25.5. The minimum Gasteiger partial charge on any atom is -0.497 e. The van der Waals surface area contributed by atoms with E-state index >= 15 is 0 Å². The Hall–Kier alpha value is -1.03. The van der Waals surface area contributed by atoms with Crippen LogP contribution in [0.15, 0.2) is 36.6 Å². The van der Waals surface area contributed by atoms with Crippen LogP contribution in [0.2, 0.25) is 5.02 Å². The van der Waals surface area contributed by atoms with Gasteiger partial charge in [-0.2, -0.15) is 0 Å². The zero-order valence-electron chi connectivity index (χ0n) is 12.2. The number of ether oxygens (including phenoxy) is 1. The summed E-state index contributed by atoms with van der Waals surface area (Å²) in [5.74, 6) is 0. The lowest BCUT2D eigenvalue weighted by molar-refractivity contribution is -0.0364. The second kappa shape index (κ2) is 6.39. The molecule has 114 valence electrons. The predicted octanol–water partition coefficient (Wildman–Crippen LogP) is 3.32. The third kappa shape index (κ3) is 3.42. The Balaban J connectivity index is 1.59. The molecular weight excluding hydrogens is 286 g/mol. The van der Waals surface area contributed by atoms with Crippen molar-refractivity contribution in [1.82, 2.24) is 4.90 Å². The molecule has 1 N–H and O–H groups in total. The van der Waals surface area contributed by atoms with E-state index in [1.807, 2.05) is 30.5 Å². The SMILES string of the molecule is OC1(c2ccccc2Cl)CCN(C[C@@H]2CCC=CO2)CC1. The van der Waals surface area contributed by atoms with Gasteiger partial charge in [-0.3, -0.25) is 4.90 Å². The van der Waals surface area contributed by atoms with Crippen LogP contribution in [0, 0.1) is 0 Å². The smallest absolute Gasteiger partial charge is 0.111 e. The van der Waals surface area contributed by atoms with E-state index in [9.17, 15) is 5.11 Å². The van der Waals surface area contributed by atoms with Crippen LogP contribution in [0.3, 0.4) is 0 Å². The van der Waals surface area contributed by atoms with E-state index < -0.39 is 5.60 Å². The molecule has 21 heavy (non-hydrogen) atoms. The maximum atomic E-state index is 10.9. The molecule has 1 aromatic carbocycles. The lowest BCUT2D eigenvalue weighted by Crippen LogP contribution is -2.45. The van der Waals surface area contributed by atoms with Crippen LogP contribution in [0.5, 0.6) is 0 Å². The van der Waals surface area contributed by atoms with Gasteiger partial charge in [0.05, 0.1) is 11.9 Å². The maximum Gasteiger partial charge on any atom is 0.111 e. The minimum absolute atomic E-state index is 0.293. The van der Waals surface area contributed by atoms with E-state index in [1.54, 1.807) is 0 Å². The van der Waals surface area contributed by atoms with Gasteiger partial charge in [0, 0.05) is 30.2 Å². The lowest BCUT2D eigenvalue weighted by atomic mass is 9.84. The predicted molar refractivity (Wildman–Crippen MR) is 84.3 cm³/mol. The van der Waals surface area contributed by atoms with Crippen molar-refractivity contribution in [1.29, 1.82) is 0 Å². The summed E-state index contributed by atoms with van der Waals surface area (Å²) in [5, 5.41) is 11.6. The van der Waals surface area contributed by atoms with Crippen molar-refractivity contribution in [3.05, 3.63) is 47.2 Å². The van der Waals surface area contributed by atoms with E-state index in [1.165, 1.54) is 0 Å². The van der Waals surface area contributed by atoms with Gasteiger partial charge in [-0.25, -0.2) is 0 Å². The molecule has 3 rings (SSSR count). The second-order valence-electron chi connectivity index (χ2n) is 6.02. The molecule has 0 aromatic heterocycles. The van der Waals surface area contributed by atoms with E-state index in [4.69, 9.17) is 16.3 Å². The summed E-state index contributed by atoms with van der Waals surface area (Å²) < 4.78 is 5.63. The number of piperidine rings is 1. The molecule has 0 spiro atoms. The van der Waals surface area contributed by atoms with Crippen LogP contribution < -0.4 is 0 Å². The minimum atomic E-state index is -0.790. The lowest BCUT2D eigenvalue weighted by Gasteiger charge is -2.40. The average molecular weight is 308 g/mol. The van der Waals surface area contributed by atoms with E-state index in [-0.39, 0.29) is 0 Å². The standard InChI is InChI=1S/C17H22ClNO2/c18-16-7-2-1-6-15(16)17(20)8-10-19(11-9-17)13-14-5-3-4-12-21-14/h1-2,4,6-7,12,14,20H,3,5,8-11,13H2/t14-/m0/s1. The fourth-order valence-corrected chi connectivity index (χ4v) is 3.53. The Kier molecular flexibility index (Phi) is 4.53. The molecule has 0 aliphatic carbocycles. The summed E-state index contributed by atoms with van der Waals surface area (Å²) in [4.78, 5) is 2.38. The Morgan fingerprint density at radius 2 is 2.05 bits per heavy atom. The molecule has 1 fully saturated rings. The van der Waals surface area contributed by atoms with Crippen LogP contribution in [0.1, 0.15) is 31.2 Å². The fourth-order valence-electron chi connectivity index (χ4n) is 3.22. The summed E-state index contributed by atoms with van der Waals surface area (Å²) in [6.07, 6.45) is 7.81. The summed E-state index contributed by atoms with van der Waals surface area (Å²) in [6, 6.07) is 7.63. The van der Waals surface area contributed by atoms with Gasteiger partial charge in [-0.15, -0.1) is 0 Å². The Labute approximate surface area is 131 Å². The molecule has 0 amide bonds. The van der Waals surface area contributed by atoms with Crippen LogP contribution in [-0.4, -0.2) is 35.7 Å². The van der Waals surface area contributed by atoms with Crippen molar-refractivity contribution in [2.45, 2.75) is 37.4 Å². The summed E-state index contributed by atoms with van der Waals surface area (Å²) in [6.45, 7) is 2.71. The first-order valence-corrected chi connectivity index (χ1v) is 8.05. The molecule has 4 heteroatoms. The number of halogens is 1. The molecule has 2 aliphatic rings. The van der Waals surface area contributed by atoms with Crippen LogP contribution in [0.25, 0.3) is 0 Å². The first kappa shape index (κ1) is 14.9. The van der Waals surface area contributed by atoms with Gasteiger partial charge < -0.3 is 9.84 Å². The topological polar surface area (TPSA) is 32.7 Å². The number of benzene rings is 1. The summed E-state index contributed by atoms with van der Waals surface area (Å²) in [7, 11) is 0. The van der Waals surface area contributed by atoms with Crippen molar-refractivity contribution in [2.24, 2.45) is 0 Å². The van der Waals surface area contributed by atoms with Gasteiger partial charge in [0.25, 0.3) is 0 Å². The van der Waals surface area contributed by atoms with Crippen LogP contribution >= 0.6 is 11.6 Å². The third-order valence-electron chi connectivity index (χ3n) is 4.54. The maximum absolute atomic E-state index is 10.9. The van der Waals surface area contributed by atoms with Gasteiger partial charge in [0.1, 0.15) is 6.10 Å². The number of nitrogens with zero attached hydrogens (tertiary/aromatic N) is 1. The first-order valence-electron chi connectivity index (χ1n) is 7.68. The highest BCUT2D eigenvalue weighted by atomic mass is 35.5. The number of hydrogen-bond acceptors (Lipinski definition) is 3. The van der Waals surface area contributed by atoms with E-state index in [0.717, 1.165) is 50.9 Å². The van der Waals surface area contributed by atoms with Gasteiger partial charge in [-0.1, -0.05) is 29.8 Å². The Bertz CT molecular complexity index is 509. The molecule has 0 unspecified atom stereocenters. The molecule has 1 atom stereocenters. The highest BCUT2D eigenvalue weighted by Crippen LogP contribution is 2.36. The number of aliphatic hydroxyl groups is 1. The van der Waals surface area contributed by atoms with Gasteiger partial charge in [0.15, 0.2) is 0 Å². The summed E-state index contributed by atoms with van der Waals surface area (Å²) >= 11 is 6.24. The zero-order valence-corrected chi connectivity index (χ0v) is 12.9. The second-order valence-corrected chi connectivity index (χ2v) is 6.43. The molecule has 3 nitrogen and oxygen atoms in total. The number of rotatable bonds is 3.